The summed E-state index contributed by atoms with van der Waals surface area (Å²) in [6, 6.07) is 0.284. The quantitative estimate of drug-likeness (QED) is 0.766. The lowest BCUT2D eigenvalue weighted by atomic mass is 9.89. The molecule has 16 heavy (non-hydrogen) atoms. The van der Waals surface area contributed by atoms with Crippen molar-refractivity contribution in [2.75, 3.05) is 26.8 Å². The van der Waals surface area contributed by atoms with E-state index in [0.29, 0.717) is 6.61 Å². The van der Waals surface area contributed by atoms with Crippen molar-refractivity contribution >= 4 is 17.3 Å². The predicted octanol–water partition coefficient (Wildman–Crippen LogP) is 1.87. The fraction of sp³-hybridized carbons (Fsp3) is 0.917. The number of hydrogen-bond acceptors (Lipinski definition) is 2. The fourth-order valence-electron chi connectivity index (χ4n) is 2.04. The molecular weight excluding hydrogens is 220 g/mol. The molecule has 0 aromatic heterocycles. The molecule has 94 valence electrons. The van der Waals surface area contributed by atoms with Gasteiger partial charge in [0, 0.05) is 26.2 Å². The van der Waals surface area contributed by atoms with Crippen molar-refractivity contribution in [2.24, 2.45) is 11.8 Å². The Morgan fingerprint density at radius 1 is 1.50 bits per heavy atom. The predicted molar refractivity (Wildman–Crippen MR) is 71.6 cm³/mol. The SMILES string of the molecule is COCC(C)NC(=S)N1CCC(C)C(C)C1. The summed E-state index contributed by atoms with van der Waals surface area (Å²) in [5.74, 6) is 1.54. The molecule has 1 saturated heterocycles. The summed E-state index contributed by atoms with van der Waals surface area (Å²) in [5.41, 5.74) is 0. The fourth-order valence-corrected chi connectivity index (χ4v) is 2.41. The van der Waals surface area contributed by atoms with Gasteiger partial charge in [-0.15, -0.1) is 0 Å². The van der Waals surface area contributed by atoms with Gasteiger partial charge >= 0.3 is 0 Å². The first-order valence-corrected chi connectivity index (χ1v) is 6.49. The molecule has 0 saturated carbocycles. The minimum atomic E-state index is 0.284. The zero-order valence-corrected chi connectivity index (χ0v) is 11.6. The highest BCUT2D eigenvalue weighted by Crippen LogP contribution is 2.22. The van der Waals surface area contributed by atoms with Crippen LogP contribution in [0.1, 0.15) is 27.2 Å². The van der Waals surface area contributed by atoms with Crippen LogP contribution >= 0.6 is 12.2 Å². The van der Waals surface area contributed by atoms with Crippen LogP contribution in [-0.2, 0) is 4.74 Å². The van der Waals surface area contributed by atoms with E-state index in [1.54, 1.807) is 7.11 Å². The standard InChI is InChI=1S/C12H24N2OS/c1-9-5-6-14(7-10(9)2)12(16)13-11(3)8-15-4/h9-11H,5-8H2,1-4H3,(H,13,16). The summed E-state index contributed by atoms with van der Waals surface area (Å²) >= 11 is 5.42. The maximum Gasteiger partial charge on any atom is 0.169 e. The van der Waals surface area contributed by atoms with Crippen LogP contribution in [0.5, 0.6) is 0 Å². The van der Waals surface area contributed by atoms with Crippen molar-refractivity contribution in [3.63, 3.8) is 0 Å². The van der Waals surface area contributed by atoms with E-state index in [1.807, 2.05) is 0 Å². The van der Waals surface area contributed by atoms with Gasteiger partial charge in [0.2, 0.25) is 0 Å². The summed E-state index contributed by atoms with van der Waals surface area (Å²) in [7, 11) is 1.71. The van der Waals surface area contributed by atoms with Crippen molar-refractivity contribution in [1.82, 2.24) is 10.2 Å². The molecule has 1 rings (SSSR count). The first kappa shape index (κ1) is 13.7. The second-order valence-corrected chi connectivity index (χ2v) is 5.38. The second kappa shape index (κ2) is 6.40. The molecule has 1 aliphatic heterocycles. The summed E-state index contributed by atoms with van der Waals surface area (Å²) in [4.78, 5) is 2.28. The number of likely N-dealkylation sites (tertiary alicyclic amines) is 1. The maximum atomic E-state index is 5.42. The molecule has 0 radical (unpaired) electrons. The molecule has 3 unspecified atom stereocenters. The Balaban J connectivity index is 2.37. The minimum Gasteiger partial charge on any atom is -0.383 e. The van der Waals surface area contributed by atoms with E-state index in [-0.39, 0.29) is 6.04 Å². The number of nitrogens with one attached hydrogen (secondary N) is 1. The Hall–Kier alpha value is -0.350. The largest absolute Gasteiger partial charge is 0.383 e. The van der Waals surface area contributed by atoms with Gasteiger partial charge in [-0.3, -0.25) is 0 Å². The number of rotatable bonds is 3. The first-order chi connectivity index (χ1) is 7.54. The molecule has 0 aromatic rings. The second-order valence-electron chi connectivity index (χ2n) is 5.00. The molecule has 0 bridgehead atoms. The molecule has 0 amide bonds. The molecule has 1 fully saturated rings. The molecular formula is C12H24N2OS. The third-order valence-electron chi connectivity index (χ3n) is 3.41. The van der Waals surface area contributed by atoms with Gasteiger partial charge in [0.1, 0.15) is 0 Å². The lowest BCUT2D eigenvalue weighted by Crippen LogP contribution is -2.49. The van der Waals surface area contributed by atoms with Gasteiger partial charge in [-0.25, -0.2) is 0 Å². The maximum absolute atomic E-state index is 5.42. The smallest absolute Gasteiger partial charge is 0.169 e. The topological polar surface area (TPSA) is 24.5 Å². The van der Waals surface area contributed by atoms with Crippen LogP contribution in [0.4, 0.5) is 0 Å². The van der Waals surface area contributed by atoms with Gasteiger partial charge in [0.25, 0.3) is 0 Å². The Bertz CT molecular complexity index is 235. The van der Waals surface area contributed by atoms with Gasteiger partial charge < -0.3 is 15.0 Å². The molecule has 1 N–H and O–H groups in total. The summed E-state index contributed by atoms with van der Waals surface area (Å²) in [5, 5.41) is 4.20. The van der Waals surface area contributed by atoms with E-state index >= 15 is 0 Å². The third kappa shape index (κ3) is 3.91. The highest BCUT2D eigenvalue weighted by atomic mass is 32.1. The Labute approximate surface area is 105 Å². The van der Waals surface area contributed by atoms with Crippen LogP contribution < -0.4 is 5.32 Å². The van der Waals surface area contributed by atoms with E-state index in [0.717, 1.165) is 30.0 Å². The highest BCUT2D eigenvalue weighted by molar-refractivity contribution is 7.80. The molecule has 0 spiro atoms. The number of piperidine rings is 1. The zero-order chi connectivity index (χ0) is 12.1. The molecule has 1 heterocycles. The van der Waals surface area contributed by atoms with Crippen LogP contribution in [0.15, 0.2) is 0 Å². The summed E-state index contributed by atoms with van der Waals surface area (Å²) < 4.78 is 5.09. The normalized spacial score (nSPS) is 27.6. The Morgan fingerprint density at radius 2 is 2.19 bits per heavy atom. The van der Waals surface area contributed by atoms with E-state index in [2.05, 4.69) is 31.0 Å². The molecule has 0 aliphatic carbocycles. The van der Waals surface area contributed by atoms with E-state index in [9.17, 15) is 0 Å². The zero-order valence-electron chi connectivity index (χ0n) is 10.8. The molecule has 3 nitrogen and oxygen atoms in total. The number of methoxy groups -OCH3 is 1. The number of thiocarbonyl (C=S) groups is 1. The van der Waals surface area contributed by atoms with Crippen molar-refractivity contribution < 1.29 is 4.74 Å². The highest BCUT2D eigenvalue weighted by Gasteiger charge is 2.24. The van der Waals surface area contributed by atoms with Crippen molar-refractivity contribution in [3.8, 4) is 0 Å². The molecule has 0 aromatic carbocycles. The van der Waals surface area contributed by atoms with Crippen LogP contribution in [0.25, 0.3) is 0 Å². The average Bonchev–Trinajstić information content (AvgIpc) is 2.22. The van der Waals surface area contributed by atoms with Crippen molar-refractivity contribution in [2.45, 2.75) is 33.2 Å². The first-order valence-electron chi connectivity index (χ1n) is 6.09. The van der Waals surface area contributed by atoms with Gasteiger partial charge in [-0.2, -0.15) is 0 Å². The molecule has 3 atom stereocenters. The summed E-state index contributed by atoms with van der Waals surface area (Å²) in [6.45, 7) is 9.57. The average molecular weight is 244 g/mol. The molecule has 4 heteroatoms. The van der Waals surface area contributed by atoms with E-state index < -0.39 is 0 Å². The van der Waals surface area contributed by atoms with Crippen LogP contribution in [0.3, 0.4) is 0 Å². The lowest BCUT2D eigenvalue weighted by molar-refractivity contribution is 0.172. The van der Waals surface area contributed by atoms with E-state index in [1.165, 1.54) is 6.42 Å². The monoisotopic (exact) mass is 244 g/mol. The van der Waals surface area contributed by atoms with Crippen LogP contribution in [0.2, 0.25) is 0 Å². The van der Waals surface area contributed by atoms with Crippen molar-refractivity contribution in [1.29, 1.82) is 0 Å². The van der Waals surface area contributed by atoms with Gasteiger partial charge in [-0.05, 0) is 37.4 Å². The van der Waals surface area contributed by atoms with Gasteiger partial charge in [0.15, 0.2) is 5.11 Å². The van der Waals surface area contributed by atoms with Gasteiger partial charge in [0.05, 0.1) is 6.61 Å². The minimum absolute atomic E-state index is 0.284. The van der Waals surface area contributed by atoms with Crippen molar-refractivity contribution in [3.05, 3.63) is 0 Å². The van der Waals surface area contributed by atoms with Crippen LogP contribution in [0, 0.1) is 11.8 Å². The lowest BCUT2D eigenvalue weighted by Gasteiger charge is -2.37. The summed E-state index contributed by atoms with van der Waals surface area (Å²) in [6.07, 6.45) is 1.24. The Kier molecular flexibility index (Phi) is 5.49. The number of hydrogen-bond donors (Lipinski definition) is 1. The Morgan fingerprint density at radius 3 is 2.75 bits per heavy atom. The van der Waals surface area contributed by atoms with E-state index in [4.69, 9.17) is 17.0 Å². The van der Waals surface area contributed by atoms with Gasteiger partial charge in [-0.1, -0.05) is 13.8 Å². The van der Waals surface area contributed by atoms with Crippen LogP contribution in [-0.4, -0.2) is 42.9 Å². The number of ether oxygens (including phenoxy) is 1. The third-order valence-corrected chi connectivity index (χ3v) is 3.78. The number of nitrogens with zero attached hydrogens (tertiary/aromatic N) is 1. The molecule has 1 aliphatic rings.